The number of halogens is 3. The molecule has 0 saturated carbocycles. The maximum absolute atomic E-state index is 12.5. The van der Waals surface area contributed by atoms with Gasteiger partial charge in [-0.1, -0.05) is 25.8 Å². The van der Waals surface area contributed by atoms with Crippen LogP contribution in [0.4, 0.5) is 13.2 Å². The minimum atomic E-state index is -4.40. The van der Waals surface area contributed by atoms with Gasteiger partial charge in [0, 0.05) is 0 Å². The summed E-state index contributed by atoms with van der Waals surface area (Å²) < 4.78 is 37.6. The summed E-state index contributed by atoms with van der Waals surface area (Å²) in [5.41, 5.74) is 0.0978. The molecule has 0 aliphatic rings. The Labute approximate surface area is 110 Å². The number of benzene rings is 1. The van der Waals surface area contributed by atoms with E-state index in [4.69, 9.17) is 0 Å². The number of hydrogen-bond donors (Lipinski definition) is 1. The van der Waals surface area contributed by atoms with Crippen LogP contribution in [-0.4, -0.2) is 11.1 Å². The Morgan fingerprint density at radius 3 is 2.42 bits per heavy atom. The summed E-state index contributed by atoms with van der Waals surface area (Å²) in [6, 6.07) is 3.24. The second kappa shape index (κ2) is 6.08. The van der Waals surface area contributed by atoms with Crippen molar-refractivity contribution in [1.29, 1.82) is 0 Å². The van der Waals surface area contributed by atoms with Crippen LogP contribution in [0, 0.1) is 6.92 Å². The molecule has 0 fully saturated rings. The van der Waals surface area contributed by atoms with Crippen molar-refractivity contribution >= 4 is 5.97 Å². The molecule has 0 aromatic heterocycles. The van der Waals surface area contributed by atoms with E-state index in [1.807, 2.05) is 6.92 Å². The van der Waals surface area contributed by atoms with Crippen LogP contribution in [0.1, 0.15) is 48.8 Å². The monoisotopic (exact) mass is 274 g/mol. The first kappa shape index (κ1) is 15.5. The predicted octanol–water partition coefficient (Wildman–Crippen LogP) is 4.37. The van der Waals surface area contributed by atoms with Crippen LogP contribution in [0.15, 0.2) is 18.2 Å². The highest BCUT2D eigenvalue weighted by atomic mass is 19.4. The lowest BCUT2D eigenvalue weighted by molar-refractivity contribution is -0.139. The van der Waals surface area contributed by atoms with Crippen molar-refractivity contribution in [3.8, 4) is 0 Å². The highest BCUT2D eigenvalue weighted by Crippen LogP contribution is 2.33. The predicted molar refractivity (Wildman–Crippen MR) is 66.1 cm³/mol. The average molecular weight is 274 g/mol. The summed E-state index contributed by atoms with van der Waals surface area (Å²) in [7, 11) is 0. The zero-order valence-electron chi connectivity index (χ0n) is 10.9. The van der Waals surface area contributed by atoms with Crippen LogP contribution in [0.25, 0.3) is 0 Å². The van der Waals surface area contributed by atoms with Gasteiger partial charge in [0.05, 0.1) is 11.5 Å². The topological polar surface area (TPSA) is 37.3 Å². The fourth-order valence-corrected chi connectivity index (χ4v) is 2.06. The Morgan fingerprint density at radius 2 is 2.00 bits per heavy atom. The molecule has 0 aliphatic carbocycles. The van der Waals surface area contributed by atoms with Crippen molar-refractivity contribution in [2.45, 2.75) is 45.2 Å². The van der Waals surface area contributed by atoms with Crippen molar-refractivity contribution in [2.24, 2.45) is 0 Å². The molecular formula is C14H17F3O2. The number of aryl methyl sites for hydroxylation is 1. The van der Waals surface area contributed by atoms with Crippen molar-refractivity contribution < 1.29 is 23.1 Å². The Hall–Kier alpha value is -1.52. The van der Waals surface area contributed by atoms with Crippen LogP contribution in [0.3, 0.4) is 0 Å². The third-order valence-electron chi connectivity index (χ3n) is 3.12. The van der Waals surface area contributed by atoms with E-state index in [1.165, 1.54) is 13.0 Å². The molecule has 0 amide bonds. The quantitative estimate of drug-likeness (QED) is 0.865. The fraction of sp³-hybridized carbons (Fsp3) is 0.500. The summed E-state index contributed by atoms with van der Waals surface area (Å²) in [4.78, 5) is 11.2. The number of alkyl halides is 3. The van der Waals surface area contributed by atoms with Gasteiger partial charge in [-0.2, -0.15) is 13.2 Å². The van der Waals surface area contributed by atoms with E-state index >= 15 is 0 Å². The molecule has 106 valence electrons. The van der Waals surface area contributed by atoms with E-state index in [1.54, 1.807) is 0 Å². The zero-order chi connectivity index (χ0) is 14.6. The largest absolute Gasteiger partial charge is 0.481 e. The Bertz CT molecular complexity index is 452. The standard InChI is InChI=1S/C14H17F3O2/c1-3-4-5-12(13(18)19)11-7-6-10(8-9(11)2)14(15,16)17/h6-8,12H,3-5H2,1-2H3,(H,18,19). The highest BCUT2D eigenvalue weighted by Gasteiger charge is 2.31. The number of carbonyl (C=O) groups is 1. The van der Waals surface area contributed by atoms with E-state index in [2.05, 4.69) is 0 Å². The Kier molecular flexibility index (Phi) is 4.97. The third kappa shape index (κ3) is 3.98. The molecular weight excluding hydrogens is 257 g/mol. The van der Waals surface area contributed by atoms with Crippen LogP contribution in [0.2, 0.25) is 0 Å². The molecule has 1 rings (SSSR count). The van der Waals surface area contributed by atoms with Crippen molar-refractivity contribution in [1.82, 2.24) is 0 Å². The number of carboxylic acids is 1. The van der Waals surface area contributed by atoms with Crippen LogP contribution in [0.5, 0.6) is 0 Å². The second-order valence-electron chi connectivity index (χ2n) is 4.60. The smallest absolute Gasteiger partial charge is 0.416 e. The molecule has 0 radical (unpaired) electrons. The average Bonchev–Trinajstić information content (AvgIpc) is 2.29. The van der Waals surface area contributed by atoms with Gasteiger partial charge >= 0.3 is 12.1 Å². The van der Waals surface area contributed by atoms with E-state index in [0.29, 0.717) is 17.5 Å². The summed E-state index contributed by atoms with van der Waals surface area (Å²) >= 11 is 0. The van der Waals surface area contributed by atoms with E-state index in [-0.39, 0.29) is 0 Å². The van der Waals surface area contributed by atoms with Gasteiger partial charge < -0.3 is 5.11 Å². The molecule has 1 N–H and O–H groups in total. The maximum Gasteiger partial charge on any atom is 0.416 e. The minimum absolute atomic E-state index is 0.373. The molecule has 0 aliphatic heterocycles. The maximum atomic E-state index is 12.5. The zero-order valence-corrected chi connectivity index (χ0v) is 10.9. The number of unbranched alkanes of at least 4 members (excludes halogenated alkanes) is 1. The number of aliphatic carboxylic acids is 1. The third-order valence-corrected chi connectivity index (χ3v) is 3.12. The van der Waals surface area contributed by atoms with Gasteiger partial charge in [-0.25, -0.2) is 0 Å². The first-order valence-electron chi connectivity index (χ1n) is 6.18. The van der Waals surface area contributed by atoms with Crippen molar-refractivity contribution in [3.05, 3.63) is 34.9 Å². The van der Waals surface area contributed by atoms with Gasteiger partial charge in [-0.15, -0.1) is 0 Å². The molecule has 0 spiro atoms. The fourth-order valence-electron chi connectivity index (χ4n) is 2.06. The number of hydrogen-bond acceptors (Lipinski definition) is 1. The number of carboxylic acid groups (broad SMARTS) is 1. The normalized spacial score (nSPS) is 13.3. The molecule has 2 nitrogen and oxygen atoms in total. The van der Waals surface area contributed by atoms with Crippen LogP contribution < -0.4 is 0 Å². The van der Waals surface area contributed by atoms with E-state index in [9.17, 15) is 23.1 Å². The molecule has 0 saturated heterocycles. The van der Waals surface area contributed by atoms with Gasteiger partial charge in [-0.05, 0) is 36.6 Å². The van der Waals surface area contributed by atoms with Gasteiger partial charge in [0.2, 0.25) is 0 Å². The van der Waals surface area contributed by atoms with Crippen molar-refractivity contribution in [3.63, 3.8) is 0 Å². The Morgan fingerprint density at radius 1 is 1.37 bits per heavy atom. The van der Waals surface area contributed by atoms with E-state index in [0.717, 1.165) is 25.0 Å². The molecule has 1 aromatic carbocycles. The highest BCUT2D eigenvalue weighted by molar-refractivity contribution is 5.76. The summed E-state index contributed by atoms with van der Waals surface area (Å²) in [6.45, 7) is 3.46. The van der Waals surface area contributed by atoms with Gasteiger partial charge in [-0.3, -0.25) is 4.79 Å². The summed E-state index contributed by atoms with van der Waals surface area (Å²) in [5, 5.41) is 9.18. The SMILES string of the molecule is CCCCC(C(=O)O)c1ccc(C(F)(F)F)cc1C. The Balaban J connectivity index is 3.08. The molecule has 5 heteroatoms. The lowest BCUT2D eigenvalue weighted by Gasteiger charge is -2.16. The van der Waals surface area contributed by atoms with E-state index < -0.39 is 23.6 Å². The molecule has 1 atom stereocenters. The second-order valence-corrected chi connectivity index (χ2v) is 4.60. The number of rotatable bonds is 5. The molecule has 19 heavy (non-hydrogen) atoms. The molecule has 1 unspecified atom stereocenters. The van der Waals surface area contributed by atoms with Crippen LogP contribution >= 0.6 is 0 Å². The van der Waals surface area contributed by atoms with Crippen LogP contribution in [-0.2, 0) is 11.0 Å². The molecule has 1 aromatic rings. The van der Waals surface area contributed by atoms with Crippen molar-refractivity contribution in [2.75, 3.05) is 0 Å². The van der Waals surface area contributed by atoms with Gasteiger partial charge in [0.1, 0.15) is 0 Å². The van der Waals surface area contributed by atoms with Gasteiger partial charge in [0.15, 0.2) is 0 Å². The first-order chi connectivity index (χ1) is 8.77. The minimum Gasteiger partial charge on any atom is -0.481 e. The lowest BCUT2D eigenvalue weighted by atomic mass is 9.89. The summed E-state index contributed by atoms with van der Waals surface area (Å²) in [6.07, 6.45) is -2.37. The summed E-state index contributed by atoms with van der Waals surface area (Å²) in [5.74, 6) is -1.72. The first-order valence-corrected chi connectivity index (χ1v) is 6.18. The molecule has 0 heterocycles. The molecule has 0 bridgehead atoms. The van der Waals surface area contributed by atoms with Gasteiger partial charge in [0.25, 0.3) is 0 Å². The lowest BCUT2D eigenvalue weighted by Crippen LogP contribution is -2.14.